The van der Waals surface area contributed by atoms with Crippen LogP contribution < -0.4 is 4.74 Å². The maximum atomic E-state index is 6.89. The zero-order valence-electron chi connectivity index (χ0n) is 21.1. The molecule has 4 bridgehead atoms. The zero-order valence-corrected chi connectivity index (χ0v) is 21.9. The lowest BCUT2D eigenvalue weighted by molar-refractivity contribution is -0.390. The minimum Gasteiger partial charge on any atom is -0.494 e. The predicted molar refractivity (Wildman–Crippen MR) is 141 cm³/mol. The first-order valence-corrected chi connectivity index (χ1v) is 16.1. The van der Waals surface area contributed by atoms with Crippen molar-refractivity contribution < 1.29 is 19.2 Å². The lowest BCUT2D eigenvalue weighted by Crippen LogP contribution is -2.59. The molecule has 1 aromatic carbocycles. The minimum absolute atomic E-state index is 0.422. The summed E-state index contributed by atoms with van der Waals surface area (Å²) in [4.78, 5) is 12.3. The molecule has 2 aliphatic heterocycles. The van der Waals surface area contributed by atoms with Gasteiger partial charge in [-0.05, 0) is 117 Å². The van der Waals surface area contributed by atoms with Crippen molar-refractivity contribution in [3.05, 3.63) is 29.8 Å². The standard InChI is InChI=1S/C30H42O4S/c1-35-14-9-21(10-15-35)8-13-31-28-4-2-24(3-5-28)25-6-11-29(12-7-25)32-30(34-33-29)26-17-22-16-23(19-26)20-27(30)18-22/h2-5,21-23,25-27H,1,6-20H2/t21?,22?,23?,25-,26?,27?,29+,30-,35?. The molecule has 0 atom stereocenters. The van der Waals surface area contributed by atoms with E-state index in [1.807, 2.05) is 0 Å². The van der Waals surface area contributed by atoms with Gasteiger partial charge in [0.1, 0.15) is 5.75 Å². The molecule has 192 valence electrons. The van der Waals surface area contributed by atoms with Crippen LogP contribution in [0, 0.1) is 29.6 Å². The van der Waals surface area contributed by atoms with Crippen molar-refractivity contribution in [2.75, 3.05) is 18.1 Å². The first-order valence-electron chi connectivity index (χ1n) is 14.4. The van der Waals surface area contributed by atoms with E-state index in [0.717, 1.165) is 55.8 Å². The molecule has 2 saturated heterocycles. The Hall–Kier alpha value is -0.880. The summed E-state index contributed by atoms with van der Waals surface area (Å²) >= 11 is 0. The normalized spacial score (nSPS) is 46.5. The Labute approximate surface area is 213 Å². The second-order valence-electron chi connectivity index (χ2n) is 12.6. The van der Waals surface area contributed by atoms with Gasteiger partial charge in [0.25, 0.3) is 0 Å². The third-order valence-corrected chi connectivity index (χ3v) is 12.1. The second kappa shape index (κ2) is 9.15. The largest absolute Gasteiger partial charge is 0.494 e. The smallest absolute Gasteiger partial charge is 0.210 e. The fourth-order valence-electron chi connectivity index (χ4n) is 8.57. The van der Waals surface area contributed by atoms with E-state index in [9.17, 15) is 0 Å². The van der Waals surface area contributed by atoms with Crippen LogP contribution in [-0.2, 0) is 14.5 Å². The third kappa shape index (κ3) is 4.32. The highest BCUT2D eigenvalue weighted by molar-refractivity contribution is 8.14. The molecule has 0 unspecified atom stereocenters. The number of benzene rings is 1. The zero-order chi connectivity index (χ0) is 23.5. The highest BCUT2D eigenvalue weighted by atomic mass is 32.2. The number of hydrogen-bond acceptors (Lipinski definition) is 4. The van der Waals surface area contributed by atoms with Crippen molar-refractivity contribution in [1.29, 1.82) is 0 Å². The lowest BCUT2D eigenvalue weighted by Gasteiger charge is -2.57. The maximum absolute atomic E-state index is 6.89. The third-order valence-electron chi connectivity index (χ3n) is 10.5. The Morgan fingerprint density at radius 1 is 0.857 bits per heavy atom. The molecule has 2 spiro atoms. The quantitative estimate of drug-likeness (QED) is 0.322. The van der Waals surface area contributed by atoms with E-state index in [2.05, 4.69) is 30.1 Å². The van der Waals surface area contributed by atoms with Gasteiger partial charge < -0.3 is 9.47 Å². The summed E-state index contributed by atoms with van der Waals surface area (Å²) in [6.07, 6.45) is 14.4. The summed E-state index contributed by atoms with van der Waals surface area (Å²) in [7, 11) is 0.422. The summed E-state index contributed by atoms with van der Waals surface area (Å²) < 4.78 is 13.0. The van der Waals surface area contributed by atoms with Gasteiger partial charge in [0, 0.05) is 24.7 Å². The predicted octanol–water partition coefficient (Wildman–Crippen LogP) is 7.05. The monoisotopic (exact) mass is 498 g/mol. The molecule has 0 amide bonds. The molecule has 8 rings (SSSR count). The van der Waals surface area contributed by atoms with Crippen LogP contribution >= 0.6 is 10.5 Å². The topological polar surface area (TPSA) is 36.9 Å². The summed E-state index contributed by atoms with van der Waals surface area (Å²) in [6.45, 7) is 0.834. The fourth-order valence-corrected chi connectivity index (χ4v) is 10.1. The molecule has 5 heteroatoms. The molecule has 35 heavy (non-hydrogen) atoms. The van der Waals surface area contributed by atoms with Crippen molar-refractivity contribution in [3.8, 4) is 5.75 Å². The fraction of sp³-hybridized carbons (Fsp3) is 0.767. The molecule has 1 aromatic rings. The van der Waals surface area contributed by atoms with Crippen LogP contribution in [0.2, 0.25) is 0 Å². The van der Waals surface area contributed by atoms with Gasteiger partial charge in [-0.1, -0.05) is 18.0 Å². The van der Waals surface area contributed by atoms with Crippen LogP contribution in [-0.4, -0.2) is 35.6 Å². The summed E-state index contributed by atoms with van der Waals surface area (Å²) in [5.41, 5.74) is 1.42. The van der Waals surface area contributed by atoms with E-state index in [4.69, 9.17) is 19.2 Å². The summed E-state index contributed by atoms with van der Waals surface area (Å²) in [5.74, 6) is 11.2. The van der Waals surface area contributed by atoms with E-state index in [-0.39, 0.29) is 0 Å². The van der Waals surface area contributed by atoms with E-state index < -0.39 is 11.6 Å². The number of ether oxygens (including phenoxy) is 2. The molecular formula is C30H42O4S. The molecule has 5 aliphatic carbocycles. The van der Waals surface area contributed by atoms with Gasteiger partial charge >= 0.3 is 0 Å². The number of rotatable bonds is 5. The van der Waals surface area contributed by atoms with Crippen LogP contribution in [0.5, 0.6) is 5.75 Å². The van der Waals surface area contributed by atoms with Crippen molar-refractivity contribution in [2.24, 2.45) is 29.6 Å². The Balaban J connectivity index is 0.915. The van der Waals surface area contributed by atoms with E-state index in [1.54, 1.807) is 0 Å². The molecule has 0 radical (unpaired) electrons. The van der Waals surface area contributed by atoms with Gasteiger partial charge in [-0.25, -0.2) is 0 Å². The van der Waals surface area contributed by atoms with Crippen LogP contribution in [0.4, 0.5) is 0 Å². The molecular weight excluding hydrogens is 456 g/mol. The SMILES string of the molecule is C=S1CCC(CCOc2ccc([C@H]3CC[C@]4(CC3)OO[C@]3(O4)C4CC5CC(C4)CC3C5)cc2)CC1. The van der Waals surface area contributed by atoms with E-state index in [0.29, 0.717) is 28.2 Å². The molecule has 7 fully saturated rings. The minimum atomic E-state index is -0.512. The van der Waals surface area contributed by atoms with Gasteiger partial charge in [-0.2, -0.15) is 20.3 Å². The Kier molecular flexibility index (Phi) is 6.08. The van der Waals surface area contributed by atoms with Crippen molar-refractivity contribution in [1.82, 2.24) is 0 Å². The van der Waals surface area contributed by atoms with Crippen LogP contribution in [0.25, 0.3) is 0 Å². The second-order valence-corrected chi connectivity index (χ2v) is 14.7. The van der Waals surface area contributed by atoms with Gasteiger partial charge in [0.05, 0.1) is 6.61 Å². The first-order chi connectivity index (χ1) is 17.1. The van der Waals surface area contributed by atoms with Crippen molar-refractivity contribution in [2.45, 2.75) is 94.5 Å². The van der Waals surface area contributed by atoms with Crippen molar-refractivity contribution in [3.63, 3.8) is 0 Å². The van der Waals surface area contributed by atoms with Gasteiger partial charge in [0.15, 0.2) is 0 Å². The lowest BCUT2D eigenvalue weighted by atomic mass is 9.53. The van der Waals surface area contributed by atoms with Gasteiger partial charge in [0.2, 0.25) is 11.6 Å². The van der Waals surface area contributed by atoms with Crippen molar-refractivity contribution >= 4 is 16.4 Å². The highest BCUT2D eigenvalue weighted by Gasteiger charge is 2.66. The average molecular weight is 499 g/mol. The summed E-state index contributed by atoms with van der Waals surface area (Å²) in [6, 6.07) is 8.89. The maximum Gasteiger partial charge on any atom is 0.210 e. The molecule has 7 aliphatic rings. The van der Waals surface area contributed by atoms with Gasteiger partial charge in [-0.3, -0.25) is 0 Å². The summed E-state index contributed by atoms with van der Waals surface area (Å²) in [5, 5.41) is 0. The molecule has 5 saturated carbocycles. The van der Waals surface area contributed by atoms with E-state index in [1.165, 1.54) is 68.4 Å². The highest BCUT2D eigenvalue weighted by Crippen LogP contribution is 2.64. The average Bonchev–Trinajstić information content (AvgIpc) is 3.24. The van der Waals surface area contributed by atoms with E-state index >= 15 is 0 Å². The van der Waals surface area contributed by atoms with Gasteiger partial charge in [-0.15, -0.1) is 0 Å². The van der Waals surface area contributed by atoms with Crippen LogP contribution in [0.15, 0.2) is 24.3 Å². The molecule has 4 nitrogen and oxygen atoms in total. The molecule has 2 heterocycles. The first kappa shape index (κ1) is 23.3. The molecule has 0 N–H and O–H groups in total. The Morgan fingerprint density at radius 2 is 1.51 bits per heavy atom. The number of hydrogen-bond donors (Lipinski definition) is 0. The Morgan fingerprint density at radius 3 is 2.17 bits per heavy atom. The molecule has 0 aromatic heterocycles. The van der Waals surface area contributed by atoms with Crippen LogP contribution in [0.3, 0.4) is 0 Å². The van der Waals surface area contributed by atoms with Crippen LogP contribution in [0.1, 0.15) is 88.5 Å². The Bertz CT molecular complexity index is 896.